The van der Waals surface area contributed by atoms with Crippen molar-refractivity contribution in [1.82, 2.24) is 5.32 Å². The molecule has 0 saturated carbocycles. The molecule has 0 spiro atoms. The maximum absolute atomic E-state index is 8.33. The van der Waals surface area contributed by atoms with Gasteiger partial charge in [-0.1, -0.05) is 0 Å². The molecule has 1 aliphatic rings. The fraction of sp³-hybridized carbons (Fsp3) is 1.00. The molecule has 0 aromatic carbocycles. The molecule has 4 nitrogen and oxygen atoms in total. The van der Waals surface area contributed by atoms with Crippen molar-refractivity contribution < 1.29 is 14.6 Å². The highest BCUT2D eigenvalue weighted by Gasteiger charge is 1.92. The third-order valence-corrected chi connectivity index (χ3v) is 1.25. The summed E-state index contributed by atoms with van der Waals surface area (Å²) in [5.74, 6) is 0. The Morgan fingerprint density at radius 3 is 2.17 bits per heavy atom. The Kier molecular flexibility index (Phi) is 8.81. The van der Waals surface area contributed by atoms with Crippen molar-refractivity contribution in [3.8, 4) is 0 Å². The quantitative estimate of drug-likeness (QED) is 0.581. The monoisotopic (exact) mass is 177 g/mol. The van der Waals surface area contributed by atoms with Gasteiger partial charge in [0.25, 0.3) is 0 Å². The number of hydrogen-bond acceptors (Lipinski definition) is 4. The third kappa shape index (κ3) is 9.84. The van der Waals surface area contributed by atoms with Gasteiger partial charge in [-0.2, -0.15) is 0 Å². The van der Waals surface area contributed by atoms with Crippen LogP contribution in [0.1, 0.15) is 13.8 Å². The van der Waals surface area contributed by atoms with Crippen LogP contribution < -0.4 is 5.32 Å². The summed E-state index contributed by atoms with van der Waals surface area (Å²) >= 11 is 0. The molecule has 0 radical (unpaired) electrons. The van der Waals surface area contributed by atoms with Crippen molar-refractivity contribution in [1.29, 1.82) is 0 Å². The lowest BCUT2D eigenvalue weighted by atomic mass is 10.5. The van der Waals surface area contributed by atoms with Gasteiger partial charge in [0, 0.05) is 19.7 Å². The van der Waals surface area contributed by atoms with Crippen LogP contribution in [0.25, 0.3) is 0 Å². The van der Waals surface area contributed by atoms with Crippen LogP contribution in [-0.2, 0) is 9.47 Å². The van der Waals surface area contributed by atoms with Gasteiger partial charge >= 0.3 is 0 Å². The van der Waals surface area contributed by atoms with Crippen LogP contribution >= 0.6 is 0 Å². The summed E-state index contributed by atoms with van der Waals surface area (Å²) < 4.78 is 9.60. The van der Waals surface area contributed by atoms with E-state index in [2.05, 4.69) is 10.1 Å². The topological polar surface area (TPSA) is 50.7 Å². The van der Waals surface area contributed by atoms with Gasteiger partial charge in [-0.25, -0.2) is 0 Å². The first kappa shape index (κ1) is 11.8. The average molecular weight is 177 g/mol. The van der Waals surface area contributed by atoms with E-state index in [-0.39, 0.29) is 0 Å². The van der Waals surface area contributed by atoms with E-state index in [9.17, 15) is 0 Å². The summed E-state index contributed by atoms with van der Waals surface area (Å²) in [6.45, 7) is 7.84. The second-order valence-corrected chi connectivity index (χ2v) is 2.42. The van der Waals surface area contributed by atoms with Gasteiger partial charge in [0.1, 0.15) is 0 Å². The Bertz CT molecular complexity index is 72.9. The zero-order valence-corrected chi connectivity index (χ0v) is 7.88. The highest BCUT2D eigenvalue weighted by molar-refractivity contribution is 4.49. The molecule has 0 amide bonds. The number of hydrogen-bond donors (Lipinski definition) is 2. The molecule has 1 unspecified atom stereocenters. The molecule has 0 aliphatic carbocycles. The van der Waals surface area contributed by atoms with Gasteiger partial charge in [0.2, 0.25) is 0 Å². The smallest absolute Gasteiger partial charge is 0.151 e. The van der Waals surface area contributed by atoms with Gasteiger partial charge in [-0.15, -0.1) is 0 Å². The van der Waals surface area contributed by atoms with E-state index in [0.717, 1.165) is 26.3 Å². The molecule has 1 atom stereocenters. The summed E-state index contributed by atoms with van der Waals surface area (Å²) in [4.78, 5) is 0. The first-order valence-corrected chi connectivity index (χ1v) is 4.35. The standard InChI is InChI=1S/C4H9NO.C4H10O2/c1-3-6-4-2-5-1;1-3-6-4(2)5/h5H,1-4H2;4-5H,3H2,1-2H3. The van der Waals surface area contributed by atoms with Crippen LogP contribution in [0.15, 0.2) is 0 Å². The lowest BCUT2D eigenvalue weighted by molar-refractivity contribution is -0.0800. The zero-order chi connectivity index (χ0) is 9.23. The van der Waals surface area contributed by atoms with Gasteiger partial charge in [0.05, 0.1) is 13.2 Å². The molecule has 2 N–H and O–H groups in total. The summed E-state index contributed by atoms with van der Waals surface area (Å²) in [5.41, 5.74) is 0. The molecule has 1 saturated heterocycles. The van der Waals surface area contributed by atoms with E-state index in [4.69, 9.17) is 9.84 Å². The van der Waals surface area contributed by atoms with Crippen molar-refractivity contribution in [2.45, 2.75) is 20.1 Å². The highest BCUT2D eigenvalue weighted by Crippen LogP contribution is 1.78. The molecule has 0 bridgehead atoms. The number of ether oxygens (including phenoxy) is 2. The van der Waals surface area contributed by atoms with Gasteiger partial charge < -0.3 is 19.9 Å². The number of nitrogens with one attached hydrogen (secondary N) is 1. The molecule has 0 aromatic rings. The van der Waals surface area contributed by atoms with Gasteiger partial charge in [-0.05, 0) is 13.8 Å². The van der Waals surface area contributed by atoms with Crippen LogP contribution in [0.2, 0.25) is 0 Å². The van der Waals surface area contributed by atoms with Crippen LogP contribution in [0.3, 0.4) is 0 Å². The maximum atomic E-state index is 8.33. The van der Waals surface area contributed by atoms with Gasteiger partial charge in [0.15, 0.2) is 6.29 Å². The number of aliphatic hydroxyl groups excluding tert-OH is 1. The van der Waals surface area contributed by atoms with Crippen molar-refractivity contribution in [2.24, 2.45) is 0 Å². The Labute approximate surface area is 73.9 Å². The summed E-state index contributed by atoms with van der Waals surface area (Å²) in [7, 11) is 0. The minimum Gasteiger partial charge on any atom is -0.379 e. The molecule has 0 aromatic heterocycles. The predicted molar refractivity (Wildman–Crippen MR) is 47.0 cm³/mol. The van der Waals surface area contributed by atoms with Crippen LogP contribution in [-0.4, -0.2) is 44.3 Å². The molecule has 74 valence electrons. The van der Waals surface area contributed by atoms with Crippen molar-refractivity contribution >= 4 is 0 Å². The first-order chi connectivity index (χ1) is 5.77. The molecule has 4 heteroatoms. The fourth-order valence-corrected chi connectivity index (χ4v) is 0.757. The van der Waals surface area contributed by atoms with Crippen molar-refractivity contribution in [3.05, 3.63) is 0 Å². The summed E-state index contributed by atoms with van der Waals surface area (Å²) in [5, 5.41) is 11.5. The minimum atomic E-state index is -0.602. The molecular formula is C8H19NO3. The van der Waals surface area contributed by atoms with E-state index >= 15 is 0 Å². The molecule has 12 heavy (non-hydrogen) atoms. The molecule has 1 rings (SSSR count). The second-order valence-electron chi connectivity index (χ2n) is 2.42. The number of morpholine rings is 1. The third-order valence-electron chi connectivity index (χ3n) is 1.25. The molecular weight excluding hydrogens is 158 g/mol. The van der Waals surface area contributed by atoms with Crippen LogP contribution in [0.4, 0.5) is 0 Å². The van der Waals surface area contributed by atoms with Crippen molar-refractivity contribution in [3.63, 3.8) is 0 Å². The lowest BCUT2D eigenvalue weighted by Crippen LogP contribution is -2.30. The van der Waals surface area contributed by atoms with Gasteiger partial charge in [-0.3, -0.25) is 0 Å². The molecule has 1 fully saturated rings. The molecule has 1 heterocycles. The van der Waals surface area contributed by atoms with E-state index < -0.39 is 6.29 Å². The summed E-state index contributed by atoms with van der Waals surface area (Å²) in [6.07, 6.45) is -0.602. The second kappa shape index (κ2) is 8.93. The largest absolute Gasteiger partial charge is 0.379 e. The Hall–Kier alpha value is -0.160. The van der Waals surface area contributed by atoms with Crippen LogP contribution in [0.5, 0.6) is 0 Å². The zero-order valence-electron chi connectivity index (χ0n) is 7.88. The van der Waals surface area contributed by atoms with Crippen molar-refractivity contribution in [2.75, 3.05) is 32.9 Å². The van der Waals surface area contributed by atoms with E-state index in [1.165, 1.54) is 0 Å². The fourth-order valence-electron chi connectivity index (χ4n) is 0.757. The highest BCUT2D eigenvalue weighted by atomic mass is 16.6. The van der Waals surface area contributed by atoms with E-state index in [1.807, 2.05) is 6.92 Å². The SMILES string of the molecule is C1COCCN1.CCOC(C)O. The maximum Gasteiger partial charge on any atom is 0.151 e. The minimum absolute atomic E-state index is 0.581. The average Bonchev–Trinajstić information content (AvgIpc) is 2.08. The predicted octanol–water partition coefficient (Wildman–Crippen LogP) is -0.0326. The Morgan fingerprint density at radius 1 is 1.50 bits per heavy atom. The Balaban J connectivity index is 0.000000202. The first-order valence-electron chi connectivity index (χ1n) is 4.35. The van der Waals surface area contributed by atoms with Crippen LogP contribution in [0, 0.1) is 0 Å². The van der Waals surface area contributed by atoms with E-state index in [1.54, 1.807) is 6.92 Å². The lowest BCUT2D eigenvalue weighted by Gasteiger charge is -2.10. The number of aliphatic hydroxyl groups is 1. The molecule has 1 aliphatic heterocycles. The summed E-state index contributed by atoms with van der Waals surface area (Å²) in [6, 6.07) is 0. The van der Waals surface area contributed by atoms with E-state index in [0.29, 0.717) is 6.61 Å². The Morgan fingerprint density at radius 2 is 2.08 bits per heavy atom. The normalized spacial score (nSPS) is 19.2. The number of rotatable bonds is 2.